The van der Waals surface area contributed by atoms with E-state index in [4.69, 9.17) is 9.15 Å². The molecule has 0 spiro atoms. The molecule has 2 aliphatic rings. The van der Waals surface area contributed by atoms with Crippen LogP contribution in [-0.2, 0) is 25.8 Å². The van der Waals surface area contributed by atoms with Crippen molar-refractivity contribution in [2.24, 2.45) is 0 Å². The van der Waals surface area contributed by atoms with Crippen LogP contribution < -0.4 is 5.32 Å². The summed E-state index contributed by atoms with van der Waals surface area (Å²) in [6.45, 7) is 1.99. The summed E-state index contributed by atoms with van der Waals surface area (Å²) in [5.41, 5.74) is 1.02. The monoisotopic (exact) mass is 537 g/mol. The van der Waals surface area contributed by atoms with Gasteiger partial charge in [-0.25, -0.2) is 13.4 Å². The average Bonchev–Trinajstić information content (AvgIpc) is 3.51. The molecule has 1 N–H and O–H groups in total. The molecule has 2 aromatic heterocycles. The van der Waals surface area contributed by atoms with Gasteiger partial charge >= 0.3 is 0 Å². The number of imide groups is 1. The summed E-state index contributed by atoms with van der Waals surface area (Å²) in [6.07, 6.45) is 1.03. The Kier molecular flexibility index (Phi) is 6.33. The molecule has 2 unspecified atom stereocenters. The van der Waals surface area contributed by atoms with Gasteiger partial charge in [-0.2, -0.15) is 0 Å². The van der Waals surface area contributed by atoms with Gasteiger partial charge < -0.3 is 14.1 Å². The second-order valence-electron chi connectivity index (χ2n) is 7.97. The van der Waals surface area contributed by atoms with Crippen LogP contribution in [0.3, 0.4) is 0 Å². The molecule has 3 aromatic rings. The Labute approximate surface area is 207 Å². The van der Waals surface area contributed by atoms with Crippen LogP contribution in [-0.4, -0.2) is 83.4 Å². The maximum Gasteiger partial charge on any atom is 0.286 e. The average molecular weight is 538 g/mol. The lowest BCUT2D eigenvalue weighted by molar-refractivity contribution is -0.119. The SMILES string of the molecule is CS(=O)(=O)C(c1nnc(CC2SC(=O)NC2=O)o1)c1nc2ccc(C(=O)N3CCOCC3)cc2s1. The van der Waals surface area contributed by atoms with Gasteiger partial charge in [-0.15, -0.1) is 21.5 Å². The fraction of sp³-hybridized carbons (Fsp3) is 0.400. The predicted molar refractivity (Wildman–Crippen MR) is 126 cm³/mol. The normalized spacial score (nSPS) is 19.8. The van der Waals surface area contributed by atoms with Crippen LogP contribution in [0.1, 0.15) is 32.4 Å². The number of rotatable bonds is 6. The van der Waals surface area contributed by atoms with Crippen molar-refractivity contribution < 1.29 is 32.0 Å². The smallest absolute Gasteiger partial charge is 0.286 e. The van der Waals surface area contributed by atoms with E-state index in [1.165, 1.54) is 0 Å². The number of carbonyl (C=O) groups is 3. The minimum Gasteiger partial charge on any atom is -0.423 e. The molecule has 184 valence electrons. The Balaban J connectivity index is 1.43. The van der Waals surface area contributed by atoms with Crippen LogP contribution in [0.25, 0.3) is 10.2 Å². The number of nitrogens with one attached hydrogen (secondary N) is 1. The predicted octanol–water partition coefficient (Wildman–Crippen LogP) is 1.18. The number of hydrogen-bond donors (Lipinski definition) is 1. The Morgan fingerprint density at radius 1 is 1.26 bits per heavy atom. The molecule has 35 heavy (non-hydrogen) atoms. The topological polar surface area (TPSA) is 162 Å². The van der Waals surface area contributed by atoms with E-state index in [1.807, 2.05) is 0 Å². The highest BCUT2D eigenvalue weighted by molar-refractivity contribution is 8.15. The second-order valence-corrected chi connectivity index (χ2v) is 12.3. The van der Waals surface area contributed by atoms with Crippen molar-refractivity contribution in [2.45, 2.75) is 16.9 Å². The maximum atomic E-state index is 12.8. The molecule has 1 aromatic carbocycles. The molecule has 0 aliphatic carbocycles. The molecule has 0 bridgehead atoms. The first-order valence-corrected chi connectivity index (χ1v) is 14.1. The fourth-order valence-corrected chi connectivity index (χ4v) is 7.09. The number of thioether (sulfide) groups is 1. The zero-order valence-electron chi connectivity index (χ0n) is 18.3. The largest absolute Gasteiger partial charge is 0.423 e. The lowest BCUT2D eigenvalue weighted by Gasteiger charge is -2.26. The number of nitrogens with zero attached hydrogens (tertiary/aromatic N) is 4. The minimum atomic E-state index is -3.77. The number of thiazole rings is 1. The Morgan fingerprint density at radius 3 is 2.71 bits per heavy atom. The van der Waals surface area contributed by atoms with Crippen molar-refractivity contribution >= 4 is 60.2 Å². The highest BCUT2D eigenvalue weighted by atomic mass is 32.2. The summed E-state index contributed by atoms with van der Waals surface area (Å²) < 4.78 is 36.9. The highest BCUT2D eigenvalue weighted by Gasteiger charge is 2.36. The maximum absolute atomic E-state index is 12.8. The van der Waals surface area contributed by atoms with Crippen molar-refractivity contribution in [3.8, 4) is 0 Å². The number of benzene rings is 1. The van der Waals surface area contributed by atoms with Crippen molar-refractivity contribution in [1.82, 2.24) is 25.4 Å². The quantitative estimate of drug-likeness (QED) is 0.480. The van der Waals surface area contributed by atoms with Crippen LogP contribution in [0.5, 0.6) is 0 Å². The zero-order chi connectivity index (χ0) is 24.7. The molecule has 2 aliphatic heterocycles. The number of ether oxygens (including phenoxy) is 1. The van der Waals surface area contributed by atoms with Gasteiger partial charge in [0, 0.05) is 31.3 Å². The first kappa shape index (κ1) is 23.8. The summed E-state index contributed by atoms with van der Waals surface area (Å²) in [5.74, 6) is -0.733. The number of aromatic nitrogens is 3. The molecular weight excluding hydrogens is 518 g/mol. The minimum absolute atomic E-state index is 0.0153. The summed E-state index contributed by atoms with van der Waals surface area (Å²) in [5, 5.41) is 7.66. The highest BCUT2D eigenvalue weighted by Crippen LogP contribution is 2.35. The van der Waals surface area contributed by atoms with E-state index in [0.717, 1.165) is 29.4 Å². The van der Waals surface area contributed by atoms with E-state index >= 15 is 0 Å². The van der Waals surface area contributed by atoms with Crippen LogP contribution in [0, 0.1) is 0 Å². The van der Waals surface area contributed by atoms with Gasteiger partial charge in [0.25, 0.3) is 11.1 Å². The Morgan fingerprint density at radius 2 is 2.03 bits per heavy atom. The van der Waals surface area contributed by atoms with Crippen LogP contribution in [0.15, 0.2) is 22.6 Å². The molecule has 0 radical (unpaired) electrons. The Bertz CT molecular complexity index is 1430. The number of amides is 3. The zero-order valence-corrected chi connectivity index (χ0v) is 20.7. The van der Waals surface area contributed by atoms with Crippen LogP contribution >= 0.6 is 23.1 Å². The van der Waals surface area contributed by atoms with Gasteiger partial charge in [-0.1, -0.05) is 11.8 Å². The third-order valence-corrected chi connectivity index (χ3v) is 8.93. The lowest BCUT2D eigenvalue weighted by Crippen LogP contribution is -2.40. The van der Waals surface area contributed by atoms with Gasteiger partial charge in [0.1, 0.15) is 10.3 Å². The summed E-state index contributed by atoms with van der Waals surface area (Å²) in [7, 11) is -3.77. The van der Waals surface area contributed by atoms with Gasteiger partial charge in [0.2, 0.25) is 17.7 Å². The van der Waals surface area contributed by atoms with E-state index < -0.39 is 31.5 Å². The summed E-state index contributed by atoms with van der Waals surface area (Å²) in [4.78, 5) is 42.2. The number of morpholine rings is 1. The van der Waals surface area contributed by atoms with Crippen molar-refractivity contribution in [3.05, 3.63) is 40.6 Å². The standard InChI is InChI=1S/C20H19N5O7S3/c1-35(29,30)15(17-24-23-14(32-17)9-13-16(26)22-20(28)34-13)18-21-11-3-2-10(8-12(11)33-18)19(27)25-4-6-31-7-5-25/h2-3,8,13,15H,4-7,9H2,1H3,(H,22,26,28). The molecule has 2 atom stereocenters. The van der Waals surface area contributed by atoms with Crippen molar-refractivity contribution in [1.29, 1.82) is 0 Å². The molecule has 12 nitrogen and oxygen atoms in total. The molecule has 4 heterocycles. The van der Waals surface area contributed by atoms with Gasteiger partial charge in [-0.3, -0.25) is 19.7 Å². The first-order chi connectivity index (χ1) is 16.7. The molecule has 2 saturated heterocycles. The third-order valence-electron chi connectivity index (χ3n) is 5.44. The van der Waals surface area contributed by atoms with Gasteiger partial charge in [0.05, 0.1) is 23.4 Å². The number of fused-ring (bicyclic) bond motifs is 1. The number of hydrogen-bond acceptors (Lipinski definition) is 12. The summed E-state index contributed by atoms with van der Waals surface area (Å²) >= 11 is 1.93. The van der Waals surface area contributed by atoms with E-state index in [2.05, 4.69) is 20.5 Å². The van der Waals surface area contributed by atoms with E-state index in [0.29, 0.717) is 42.1 Å². The van der Waals surface area contributed by atoms with Gasteiger partial charge in [0.15, 0.2) is 15.1 Å². The van der Waals surface area contributed by atoms with E-state index in [9.17, 15) is 22.8 Å². The Hall–Kier alpha value is -2.88. The molecule has 15 heteroatoms. The molecule has 0 saturated carbocycles. The molecule has 2 fully saturated rings. The van der Waals surface area contributed by atoms with Crippen LogP contribution in [0.2, 0.25) is 0 Å². The number of sulfone groups is 1. The first-order valence-electron chi connectivity index (χ1n) is 10.5. The fourth-order valence-electron chi connectivity index (χ4n) is 3.75. The summed E-state index contributed by atoms with van der Waals surface area (Å²) in [6, 6.07) is 5.03. The van der Waals surface area contributed by atoms with Crippen molar-refractivity contribution in [2.75, 3.05) is 32.6 Å². The van der Waals surface area contributed by atoms with Crippen molar-refractivity contribution in [3.63, 3.8) is 0 Å². The van der Waals surface area contributed by atoms with E-state index in [1.54, 1.807) is 23.1 Å². The van der Waals surface area contributed by atoms with E-state index in [-0.39, 0.29) is 29.1 Å². The number of carbonyl (C=O) groups excluding carboxylic acids is 3. The lowest BCUT2D eigenvalue weighted by atomic mass is 10.2. The molecule has 5 rings (SSSR count). The van der Waals surface area contributed by atoms with Crippen LogP contribution in [0.4, 0.5) is 4.79 Å². The molecule has 3 amide bonds. The van der Waals surface area contributed by atoms with Gasteiger partial charge in [-0.05, 0) is 18.2 Å². The third kappa shape index (κ3) is 4.94. The second kappa shape index (κ2) is 9.29. The molecular formula is C20H19N5O7S3.